The number of aliphatic hydroxyl groups excluding tert-OH is 1. The maximum atomic E-state index is 14.0. The molecule has 1 saturated heterocycles. The third-order valence-electron chi connectivity index (χ3n) is 7.18. The number of fused-ring (bicyclic) bond motifs is 3. The number of aryl methyl sites for hydroxylation is 4. The lowest BCUT2D eigenvalue weighted by molar-refractivity contribution is -0.116. The van der Waals surface area contributed by atoms with Crippen molar-refractivity contribution in [2.45, 2.75) is 47.2 Å². The van der Waals surface area contributed by atoms with Crippen LogP contribution >= 0.6 is 0 Å². The Kier molecular flexibility index (Phi) is 7.75. The Labute approximate surface area is 237 Å². The number of benzene rings is 2. The monoisotopic (exact) mass is 561 g/mol. The zero-order valence-electron chi connectivity index (χ0n) is 23.8. The molecular weight excluding hydrogens is 526 g/mol. The van der Waals surface area contributed by atoms with Gasteiger partial charge in [0.05, 0.1) is 25.1 Å². The smallest absolute Gasteiger partial charge is 0.330 e. The van der Waals surface area contributed by atoms with Crippen molar-refractivity contribution < 1.29 is 19.4 Å². The van der Waals surface area contributed by atoms with Crippen LogP contribution in [0.4, 0.5) is 5.69 Å². The zero-order valence-corrected chi connectivity index (χ0v) is 23.8. The van der Waals surface area contributed by atoms with Gasteiger partial charge in [0.25, 0.3) is 5.91 Å². The highest BCUT2D eigenvalue weighted by Crippen LogP contribution is 2.37. The van der Waals surface area contributed by atoms with E-state index in [0.29, 0.717) is 36.6 Å². The number of ether oxygens (including phenoxy) is 2. The Morgan fingerprint density at radius 1 is 1.07 bits per heavy atom. The molecule has 3 aromatic rings. The lowest BCUT2D eigenvalue weighted by Gasteiger charge is -2.25. The summed E-state index contributed by atoms with van der Waals surface area (Å²) >= 11 is 0. The predicted octanol–water partition coefficient (Wildman–Crippen LogP) is 1.89. The summed E-state index contributed by atoms with van der Waals surface area (Å²) in [5.74, 6) is 0.436. The first-order chi connectivity index (χ1) is 19.7. The van der Waals surface area contributed by atoms with Gasteiger partial charge in [0.15, 0.2) is 17.2 Å². The van der Waals surface area contributed by atoms with Gasteiger partial charge in [0, 0.05) is 31.3 Å². The van der Waals surface area contributed by atoms with Gasteiger partial charge >= 0.3 is 5.69 Å². The number of hydrogen-bond donors (Lipinski definition) is 5. The van der Waals surface area contributed by atoms with Crippen LogP contribution in [-0.2, 0) is 24.3 Å². The summed E-state index contributed by atoms with van der Waals surface area (Å²) in [6.07, 6.45) is 0.651. The fourth-order valence-corrected chi connectivity index (χ4v) is 5.35. The van der Waals surface area contributed by atoms with E-state index in [1.165, 1.54) is 0 Å². The Morgan fingerprint density at radius 2 is 1.83 bits per heavy atom. The van der Waals surface area contributed by atoms with E-state index in [1.54, 1.807) is 16.2 Å². The SMILES string of the molecule is CCOc1cc2c(cc1OC)-c1cc(=Nc3c(C)cc(C)cc3C)n(CCNC(O)=C3NNNC3=O)c(=O)n1CC2. The lowest BCUT2D eigenvalue weighted by atomic mass is 9.97. The average molecular weight is 562 g/mol. The fourth-order valence-electron chi connectivity index (χ4n) is 5.35. The van der Waals surface area contributed by atoms with E-state index < -0.39 is 5.91 Å². The summed E-state index contributed by atoms with van der Waals surface area (Å²) in [5, 5.41) is 13.2. The highest BCUT2D eigenvalue weighted by molar-refractivity contribution is 5.94. The second kappa shape index (κ2) is 11.4. The van der Waals surface area contributed by atoms with Crippen LogP contribution in [0.2, 0.25) is 0 Å². The molecule has 0 unspecified atom stereocenters. The van der Waals surface area contributed by atoms with Gasteiger partial charge in [0.1, 0.15) is 5.49 Å². The van der Waals surface area contributed by atoms with E-state index >= 15 is 0 Å². The Balaban J connectivity index is 1.64. The number of aromatic nitrogens is 2. The minimum atomic E-state index is -0.501. The second-order valence-corrected chi connectivity index (χ2v) is 10.0. The molecule has 2 aliphatic rings. The van der Waals surface area contributed by atoms with Crippen molar-refractivity contribution in [3.8, 4) is 22.8 Å². The molecule has 0 bridgehead atoms. The molecule has 1 amide bonds. The number of carbonyl (C=O) groups excluding carboxylic acids is 1. The number of amides is 1. The van der Waals surface area contributed by atoms with Crippen LogP contribution in [0.1, 0.15) is 29.2 Å². The minimum absolute atomic E-state index is 0.0371. The molecule has 0 aliphatic carbocycles. The lowest BCUT2D eigenvalue weighted by Crippen LogP contribution is -2.43. The maximum absolute atomic E-state index is 14.0. The number of nitrogens with one attached hydrogen (secondary N) is 4. The zero-order chi connectivity index (χ0) is 29.3. The number of carbonyl (C=O) groups is 1. The summed E-state index contributed by atoms with van der Waals surface area (Å²) in [6.45, 7) is 9.33. The van der Waals surface area contributed by atoms with Gasteiger partial charge in [0.2, 0.25) is 5.88 Å². The Morgan fingerprint density at radius 3 is 2.49 bits per heavy atom. The molecule has 3 heterocycles. The van der Waals surface area contributed by atoms with Gasteiger partial charge in [-0.2, -0.15) is 0 Å². The third kappa shape index (κ3) is 5.38. The van der Waals surface area contributed by atoms with Gasteiger partial charge in [-0.05, 0) is 62.9 Å². The molecule has 12 nitrogen and oxygen atoms in total. The van der Waals surface area contributed by atoms with Crippen molar-refractivity contribution in [2.24, 2.45) is 4.99 Å². The third-order valence-corrected chi connectivity index (χ3v) is 7.18. The first-order valence-electron chi connectivity index (χ1n) is 13.5. The van der Waals surface area contributed by atoms with E-state index in [4.69, 9.17) is 14.5 Å². The number of aliphatic hydroxyl groups is 1. The number of nitrogens with zero attached hydrogens (tertiary/aromatic N) is 3. The molecule has 0 radical (unpaired) electrons. The number of methoxy groups -OCH3 is 1. The Bertz CT molecular complexity index is 1660. The van der Waals surface area contributed by atoms with Crippen LogP contribution in [0.5, 0.6) is 11.5 Å². The maximum Gasteiger partial charge on any atom is 0.330 e. The first-order valence-corrected chi connectivity index (χ1v) is 13.5. The van der Waals surface area contributed by atoms with Crippen LogP contribution in [0.3, 0.4) is 0 Å². The van der Waals surface area contributed by atoms with E-state index in [9.17, 15) is 14.7 Å². The molecule has 0 atom stereocenters. The second-order valence-electron chi connectivity index (χ2n) is 10.0. The van der Waals surface area contributed by atoms with E-state index in [0.717, 1.165) is 39.2 Å². The van der Waals surface area contributed by atoms with Gasteiger partial charge < -0.3 is 19.9 Å². The largest absolute Gasteiger partial charge is 0.493 e. The van der Waals surface area contributed by atoms with E-state index in [1.807, 2.05) is 45.9 Å². The topological polar surface area (TPSA) is 143 Å². The van der Waals surface area contributed by atoms with Crippen LogP contribution in [0, 0.1) is 20.8 Å². The molecule has 5 rings (SSSR count). The van der Waals surface area contributed by atoms with E-state index in [-0.39, 0.29) is 30.4 Å². The highest BCUT2D eigenvalue weighted by atomic mass is 16.5. The molecule has 2 aromatic carbocycles. The summed E-state index contributed by atoms with van der Waals surface area (Å²) in [7, 11) is 1.60. The van der Waals surface area contributed by atoms with E-state index in [2.05, 4.69) is 33.8 Å². The van der Waals surface area contributed by atoms with Crippen LogP contribution in [-0.4, -0.2) is 40.4 Å². The molecule has 2 aliphatic heterocycles. The van der Waals surface area contributed by atoms with Gasteiger partial charge in [-0.15, -0.1) is 5.53 Å². The number of rotatable bonds is 8. The molecule has 41 heavy (non-hydrogen) atoms. The molecule has 5 N–H and O–H groups in total. The summed E-state index contributed by atoms with van der Waals surface area (Å²) in [6, 6.07) is 9.96. The molecule has 216 valence electrons. The molecule has 0 spiro atoms. The highest BCUT2D eigenvalue weighted by Gasteiger charge is 2.23. The predicted molar refractivity (Wildman–Crippen MR) is 154 cm³/mol. The summed E-state index contributed by atoms with van der Waals surface area (Å²) < 4.78 is 14.7. The van der Waals surface area contributed by atoms with Crippen molar-refractivity contribution >= 4 is 11.6 Å². The van der Waals surface area contributed by atoms with Gasteiger partial charge in [-0.25, -0.2) is 9.79 Å². The Hall–Kier alpha value is -4.71. The molecule has 1 fully saturated rings. The first kappa shape index (κ1) is 27.8. The van der Waals surface area contributed by atoms with Crippen molar-refractivity contribution in [3.63, 3.8) is 0 Å². The fraction of sp³-hybridized carbons (Fsp3) is 0.345. The quantitative estimate of drug-likeness (QED) is 0.207. The summed E-state index contributed by atoms with van der Waals surface area (Å²) in [5.41, 5.74) is 14.2. The van der Waals surface area contributed by atoms with Crippen molar-refractivity contribution in [1.82, 2.24) is 30.8 Å². The average Bonchev–Trinajstić information content (AvgIpc) is 3.37. The number of hydrogen-bond acceptors (Lipinski definition) is 9. The standard InChI is InChI=1S/C29H35N7O5/c1-6-41-23-13-19-7-9-35-21(20(19)14-22(23)40-5)15-24(31-25-17(3)11-16(2)12-18(25)4)36(29(35)39)10-8-30-27(37)26-28(38)33-34-32-26/h11-15,30,32,34,37H,6-10H2,1-5H3,(H,33,38). The molecule has 12 heteroatoms. The summed E-state index contributed by atoms with van der Waals surface area (Å²) in [4.78, 5) is 30.8. The van der Waals surface area contributed by atoms with Crippen LogP contribution in [0.15, 0.2) is 51.7 Å². The minimum Gasteiger partial charge on any atom is -0.493 e. The van der Waals surface area contributed by atoms with Crippen LogP contribution in [0.25, 0.3) is 11.3 Å². The molecule has 1 aromatic heterocycles. The van der Waals surface area contributed by atoms with Crippen molar-refractivity contribution in [3.05, 3.63) is 80.1 Å². The van der Waals surface area contributed by atoms with Crippen molar-refractivity contribution in [1.29, 1.82) is 0 Å². The molecular formula is C29H35N7O5. The van der Waals surface area contributed by atoms with Crippen molar-refractivity contribution in [2.75, 3.05) is 20.3 Å². The molecule has 0 saturated carbocycles. The normalized spacial score (nSPS) is 15.5. The number of hydrazine groups is 2. The van der Waals surface area contributed by atoms with Gasteiger partial charge in [-0.3, -0.25) is 24.8 Å². The van der Waals surface area contributed by atoms with Gasteiger partial charge in [-0.1, -0.05) is 17.7 Å². The van der Waals surface area contributed by atoms with Crippen LogP contribution < -0.4 is 42.4 Å².